The minimum atomic E-state index is -3.91. The van der Waals surface area contributed by atoms with Crippen LogP contribution >= 0.6 is 0 Å². The van der Waals surface area contributed by atoms with E-state index in [1.807, 2.05) is 13.8 Å². The number of nitrogens with zero attached hydrogens (tertiary/aromatic N) is 1. The number of sulfonamides is 1. The summed E-state index contributed by atoms with van der Waals surface area (Å²) in [5.41, 5.74) is 0.730. The number of hydrogen-bond donors (Lipinski definition) is 2. The van der Waals surface area contributed by atoms with Gasteiger partial charge in [-0.15, -0.1) is 0 Å². The van der Waals surface area contributed by atoms with Crippen LogP contribution in [-0.2, 0) is 10.0 Å². The van der Waals surface area contributed by atoms with Gasteiger partial charge >= 0.3 is 0 Å². The molecule has 0 aliphatic rings. The molecule has 0 saturated carbocycles. The van der Waals surface area contributed by atoms with Crippen molar-refractivity contribution < 1.29 is 17.7 Å². The number of aromatic nitrogens is 1. The monoisotopic (exact) mass is 351 g/mol. The zero-order valence-electron chi connectivity index (χ0n) is 14.1. The highest BCUT2D eigenvalue weighted by Gasteiger charge is 2.26. The fraction of sp³-hybridized carbons (Fsp3) is 0.375. The third-order valence-corrected chi connectivity index (χ3v) is 5.25. The molecule has 2 N–H and O–H groups in total. The Morgan fingerprint density at radius 1 is 1.29 bits per heavy atom. The first kappa shape index (κ1) is 18.0. The Kier molecular flexibility index (Phi) is 5.28. The second kappa shape index (κ2) is 7.04. The van der Waals surface area contributed by atoms with E-state index in [-0.39, 0.29) is 39.5 Å². The van der Waals surface area contributed by atoms with Crippen molar-refractivity contribution in [3.8, 4) is 0 Å². The maximum Gasteiger partial charge on any atom is 0.267 e. The quantitative estimate of drug-likeness (QED) is 0.833. The van der Waals surface area contributed by atoms with Crippen LogP contribution < -0.4 is 10.0 Å². The van der Waals surface area contributed by atoms with Crippen LogP contribution in [0.15, 0.2) is 33.7 Å². The molecule has 8 heteroatoms. The Balaban J connectivity index is 2.36. The van der Waals surface area contributed by atoms with Gasteiger partial charge in [-0.1, -0.05) is 24.2 Å². The number of nitrogens with one attached hydrogen (secondary N) is 2. The summed E-state index contributed by atoms with van der Waals surface area (Å²) < 4.78 is 32.6. The molecule has 1 aromatic heterocycles. The molecule has 2 rings (SSSR count). The van der Waals surface area contributed by atoms with Crippen molar-refractivity contribution in [3.63, 3.8) is 0 Å². The molecule has 130 valence electrons. The van der Waals surface area contributed by atoms with Gasteiger partial charge in [-0.25, -0.2) is 8.42 Å². The summed E-state index contributed by atoms with van der Waals surface area (Å²) in [5.74, 6) is -0.136. The fourth-order valence-electron chi connectivity index (χ4n) is 2.23. The minimum Gasteiger partial charge on any atom is -0.360 e. The summed E-state index contributed by atoms with van der Waals surface area (Å²) in [7, 11) is -3.91. The van der Waals surface area contributed by atoms with E-state index in [2.05, 4.69) is 15.2 Å². The van der Waals surface area contributed by atoms with Gasteiger partial charge in [0.1, 0.15) is 5.69 Å². The average molecular weight is 351 g/mol. The van der Waals surface area contributed by atoms with Crippen molar-refractivity contribution in [1.82, 2.24) is 10.5 Å². The van der Waals surface area contributed by atoms with Gasteiger partial charge in [0.2, 0.25) is 0 Å². The van der Waals surface area contributed by atoms with E-state index in [1.54, 1.807) is 31.2 Å². The van der Waals surface area contributed by atoms with E-state index < -0.39 is 10.0 Å². The summed E-state index contributed by atoms with van der Waals surface area (Å²) in [6.45, 7) is 6.91. The van der Waals surface area contributed by atoms with Crippen molar-refractivity contribution in [2.24, 2.45) is 0 Å². The lowest BCUT2D eigenvalue weighted by molar-refractivity contribution is 0.0940. The first-order chi connectivity index (χ1) is 11.3. The number of amides is 1. The molecule has 1 heterocycles. The normalized spacial score (nSPS) is 12.7. The van der Waals surface area contributed by atoms with Crippen molar-refractivity contribution >= 4 is 21.6 Å². The van der Waals surface area contributed by atoms with Crippen LogP contribution in [0.3, 0.4) is 0 Å². The van der Waals surface area contributed by atoms with Gasteiger partial charge in [0.05, 0.1) is 11.3 Å². The molecule has 7 nitrogen and oxygen atoms in total. The molecule has 1 atom stereocenters. The van der Waals surface area contributed by atoms with Gasteiger partial charge in [-0.3, -0.25) is 9.52 Å². The second-order valence-electron chi connectivity index (χ2n) is 5.59. The smallest absolute Gasteiger partial charge is 0.267 e. The van der Waals surface area contributed by atoms with E-state index in [4.69, 9.17) is 4.52 Å². The third kappa shape index (κ3) is 3.76. The Morgan fingerprint density at radius 3 is 2.54 bits per heavy atom. The van der Waals surface area contributed by atoms with Crippen LogP contribution in [0.2, 0.25) is 0 Å². The Labute approximate surface area is 141 Å². The van der Waals surface area contributed by atoms with Crippen LogP contribution in [-0.4, -0.2) is 25.5 Å². The summed E-state index contributed by atoms with van der Waals surface area (Å²) in [5, 5.41) is 6.48. The topological polar surface area (TPSA) is 101 Å². The number of carbonyl (C=O) groups excluding carboxylic acids is 1. The highest BCUT2D eigenvalue weighted by molar-refractivity contribution is 7.92. The highest BCUT2D eigenvalue weighted by Crippen LogP contribution is 2.24. The molecular formula is C16H21N3O4S. The second-order valence-corrected chi connectivity index (χ2v) is 7.21. The lowest BCUT2D eigenvalue weighted by Crippen LogP contribution is -2.32. The maximum absolute atomic E-state index is 12.6. The molecule has 2 aromatic rings. The van der Waals surface area contributed by atoms with Crippen LogP contribution in [0.1, 0.15) is 42.1 Å². The zero-order valence-corrected chi connectivity index (χ0v) is 14.9. The molecule has 0 fully saturated rings. The fourth-order valence-corrected chi connectivity index (χ4v) is 3.64. The number of rotatable bonds is 6. The van der Waals surface area contributed by atoms with Gasteiger partial charge in [-0.05, 0) is 39.3 Å². The van der Waals surface area contributed by atoms with E-state index >= 15 is 0 Å². The predicted octanol–water partition coefficient (Wildman–Crippen LogP) is 2.62. The molecule has 1 aromatic carbocycles. The summed E-state index contributed by atoms with van der Waals surface area (Å²) in [6, 6.07) is 6.44. The first-order valence-corrected chi connectivity index (χ1v) is 9.10. The molecule has 0 spiro atoms. The Bertz CT molecular complexity index is 823. The van der Waals surface area contributed by atoms with E-state index in [0.717, 1.165) is 6.42 Å². The molecule has 1 amide bonds. The summed E-state index contributed by atoms with van der Waals surface area (Å²) in [6.07, 6.45) is 0.777. The number of aryl methyl sites for hydroxylation is 2. The number of anilines is 1. The van der Waals surface area contributed by atoms with Crippen LogP contribution in [0.25, 0.3) is 0 Å². The zero-order chi connectivity index (χ0) is 17.9. The van der Waals surface area contributed by atoms with Gasteiger partial charge in [0.25, 0.3) is 15.9 Å². The number of para-hydroxylation sites is 1. The van der Waals surface area contributed by atoms with Crippen molar-refractivity contribution in [2.75, 3.05) is 4.72 Å². The lowest BCUT2D eigenvalue weighted by atomic mass is 10.1. The number of hydrogen-bond acceptors (Lipinski definition) is 5. The molecular weight excluding hydrogens is 330 g/mol. The van der Waals surface area contributed by atoms with Crippen molar-refractivity contribution in [1.29, 1.82) is 0 Å². The molecule has 0 aliphatic heterocycles. The summed E-state index contributed by atoms with van der Waals surface area (Å²) >= 11 is 0. The van der Waals surface area contributed by atoms with Gasteiger partial charge < -0.3 is 9.84 Å². The Morgan fingerprint density at radius 2 is 1.96 bits per heavy atom. The third-order valence-electron chi connectivity index (χ3n) is 3.64. The van der Waals surface area contributed by atoms with Crippen LogP contribution in [0.4, 0.5) is 5.69 Å². The number of carbonyl (C=O) groups is 1. The van der Waals surface area contributed by atoms with E-state index in [1.165, 1.54) is 6.92 Å². The molecule has 0 radical (unpaired) electrons. The van der Waals surface area contributed by atoms with Crippen molar-refractivity contribution in [3.05, 3.63) is 41.3 Å². The molecule has 0 saturated heterocycles. The first-order valence-electron chi connectivity index (χ1n) is 7.61. The maximum atomic E-state index is 12.6. The number of benzene rings is 1. The van der Waals surface area contributed by atoms with Crippen molar-refractivity contribution in [2.45, 2.75) is 45.1 Å². The predicted molar refractivity (Wildman–Crippen MR) is 90.4 cm³/mol. The van der Waals surface area contributed by atoms with Crippen LogP contribution in [0.5, 0.6) is 0 Å². The molecule has 0 unspecified atom stereocenters. The molecule has 0 aliphatic carbocycles. The average Bonchev–Trinajstić information content (AvgIpc) is 2.86. The molecule has 0 bridgehead atoms. The lowest BCUT2D eigenvalue weighted by Gasteiger charge is -2.15. The van der Waals surface area contributed by atoms with Gasteiger partial charge in [0.15, 0.2) is 10.7 Å². The van der Waals surface area contributed by atoms with E-state index in [9.17, 15) is 13.2 Å². The standard InChI is InChI=1S/C16H21N3O4S/c1-5-10(2)17-16(20)13-8-6-7-9-14(13)19-24(21,22)15-11(3)18-23-12(15)4/h6-10,19H,5H2,1-4H3,(H,17,20)/t10-/m1/s1. The molecule has 24 heavy (non-hydrogen) atoms. The van der Waals surface area contributed by atoms with Gasteiger partial charge in [0, 0.05) is 6.04 Å². The van der Waals surface area contributed by atoms with Gasteiger partial charge in [-0.2, -0.15) is 0 Å². The van der Waals surface area contributed by atoms with Crippen LogP contribution in [0, 0.1) is 13.8 Å². The largest absolute Gasteiger partial charge is 0.360 e. The highest BCUT2D eigenvalue weighted by atomic mass is 32.2. The Hall–Kier alpha value is -2.35. The minimum absolute atomic E-state index is 0.00951. The SMILES string of the molecule is CC[C@@H](C)NC(=O)c1ccccc1NS(=O)(=O)c1c(C)noc1C. The summed E-state index contributed by atoms with van der Waals surface area (Å²) in [4.78, 5) is 12.4. The van der Waals surface area contributed by atoms with E-state index in [0.29, 0.717) is 0 Å².